The molecular formula is C41H51BrN6O7. The van der Waals surface area contributed by atoms with Gasteiger partial charge in [0.2, 0.25) is 17.7 Å². The first kappa shape index (κ1) is 40.3. The van der Waals surface area contributed by atoms with Crippen LogP contribution in [-0.4, -0.2) is 113 Å². The van der Waals surface area contributed by atoms with Gasteiger partial charge >= 0.3 is 5.97 Å². The van der Waals surface area contributed by atoms with Crippen LogP contribution in [0, 0.1) is 17.8 Å². The minimum absolute atomic E-state index is 0.0140. The highest BCUT2D eigenvalue weighted by Crippen LogP contribution is 2.61. The number of nitrogens with zero attached hydrogens (tertiary/aromatic N) is 6. The van der Waals surface area contributed by atoms with Crippen LogP contribution in [0.1, 0.15) is 58.1 Å². The Labute approximate surface area is 330 Å². The minimum Gasteiger partial charge on any atom is -0.455 e. The van der Waals surface area contributed by atoms with Crippen LogP contribution >= 0.6 is 15.9 Å². The summed E-state index contributed by atoms with van der Waals surface area (Å²) in [5.74, 6) is -3.97. The molecule has 1 aromatic heterocycles. The maximum Gasteiger partial charge on any atom is 0.313 e. The van der Waals surface area contributed by atoms with Crippen LogP contribution in [0.25, 0.3) is 11.0 Å². The second-order valence-corrected chi connectivity index (χ2v) is 16.1. The summed E-state index contributed by atoms with van der Waals surface area (Å²) in [6.07, 6.45) is 3.31. The standard InChI is InChI=1S/C41H51BrN6O7/c1-7-10-20-32(50)45(6)26(5)35(27-16-12-11-13-17-27)54-40(53)33-34-38(51)48(31(23-49)25(4)9-3)37(41(34)22-28(42)36(33)55-41)39(52)46(21-8-2)24-47-30-19-15-14-18-29(30)43-44-47/h7-8,11-19,25-26,28,31,33-37,49H,1-2,9-10,20-24H2,3-6H3/t25-,26-,28?,31-,33+,34-,35+,36+,37+,41-/m0/s1. The third-order valence-electron chi connectivity index (χ3n) is 11.8. The molecule has 1 unspecified atom stereocenters. The number of ether oxygens (including phenoxy) is 2. The number of hydrogen-bond donors (Lipinski definition) is 1. The zero-order valence-electron chi connectivity index (χ0n) is 31.9. The van der Waals surface area contributed by atoms with Crippen molar-refractivity contribution in [3.05, 3.63) is 85.5 Å². The Hall–Kier alpha value is -4.40. The van der Waals surface area contributed by atoms with Gasteiger partial charge in [-0.2, -0.15) is 0 Å². The number of carbonyl (C=O) groups excluding carboxylic acids is 4. The fraction of sp³-hybridized carbons (Fsp3) is 0.512. The molecule has 3 aliphatic heterocycles. The Balaban J connectivity index is 1.38. The van der Waals surface area contributed by atoms with Gasteiger partial charge in [-0.1, -0.05) is 96.0 Å². The molecule has 3 aromatic rings. The Morgan fingerprint density at radius 2 is 1.84 bits per heavy atom. The van der Waals surface area contributed by atoms with Crippen LogP contribution in [0.3, 0.4) is 0 Å². The summed E-state index contributed by atoms with van der Waals surface area (Å²) in [7, 11) is 1.68. The third-order valence-corrected chi connectivity index (χ3v) is 12.7. The molecule has 3 amide bonds. The van der Waals surface area contributed by atoms with Crippen molar-refractivity contribution in [1.29, 1.82) is 0 Å². The first-order valence-electron chi connectivity index (χ1n) is 19.0. The van der Waals surface area contributed by atoms with E-state index in [-0.39, 0.29) is 42.7 Å². The number of amides is 3. The molecule has 2 bridgehead atoms. The molecule has 55 heavy (non-hydrogen) atoms. The third kappa shape index (κ3) is 7.24. The maximum absolute atomic E-state index is 15.1. The summed E-state index contributed by atoms with van der Waals surface area (Å²) in [6, 6.07) is 14.1. The van der Waals surface area contributed by atoms with E-state index in [9.17, 15) is 14.7 Å². The molecule has 294 valence electrons. The van der Waals surface area contributed by atoms with Crippen LogP contribution in [0.2, 0.25) is 0 Å². The molecule has 6 rings (SSSR count). The van der Waals surface area contributed by atoms with E-state index >= 15 is 9.59 Å². The molecule has 13 nitrogen and oxygen atoms in total. The molecule has 1 spiro atoms. The van der Waals surface area contributed by atoms with Gasteiger partial charge in [0.1, 0.15) is 29.9 Å². The van der Waals surface area contributed by atoms with Crippen molar-refractivity contribution in [2.45, 2.75) is 93.9 Å². The molecule has 0 saturated carbocycles. The number of aromatic nitrogens is 3. The van der Waals surface area contributed by atoms with Crippen molar-refractivity contribution in [1.82, 2.24) is 29.7 Å². The Morgan fingerprint density at radius 3 is 2.51 bits per heavy atom. The fourth-order valence-electron chi connectivity index (χ4n) is 8.64. The summed E-state index contributed by atoms with van der Waals surface area (Å²) in [5, 5.41) is 19.4. The van der Waals surface area contributed by atoms with Crippen molar-refractivity contribution in [2.24, 2.45) is 17.8 Å². The highest BCUT2D eigenvalue weighted by atomic mass is 79.9. The van der Waals surface area contributed by atoms with E-state index in [1.54, 1.807) is 33.7 Å². The Kier molecular flexibility index (Phi) is 12.3. The second kappa shape index (κ2) is 16.8. The first-order chi connectivity index (χ1) is 26.4. The molecule has 2 aromatic carbocycles. The van der Waals surface area contributed by atoms with Crippen LogP contribution in [0.4, 0.5) is 0 Å². The predicted molar refractivity (Wildman–Crippen MR) is 209 cm³/mol. The normalized spacial score (nSPS) is 26.3. The number of benzene rings is 2. The number of alkyl halides is 1. The van der Waals surface area contributed by atoms with Crippen molar-refractivity contribution in [3.8, 4) is 0 Å². The van der Waals surface area contributed by atoms with Crippen LogP contribution in [-0.2, 0) is 35.3 Å². The number of allylic oxidation sites excluding steroid dienone is 1. The summed E-state index contributed by atoms with van der Waals surface area (Å²) in [4.78, 5) is 62.2. The molecule has 3 aliphatic rings. The summed E-state index contributed by atoms with van der Waals surface area (Å²) in [6.45, 7) is 13.1. The van der Waals surface area contributed by atoms with Crippen LogP contribution in [0.15, 0.2) is 79.9 Å². The number of likely N-dealkylation sites (N-methyl/N-ethyl adjacent to an activating group) is 1. The molecule has 4 heterocycles. The van der Waals surface area contributed by atoms with E-state index in [1.165, 1.54) is 4.90 Å². The lowest BCUT2D eigenvalue weighted by Gasteiger charge is -2.40. The molecular weight excluding hydrogens is 768 g/mol. The van der Waals surface area contributed by atoms with Gasteiger partial charge < -0.3 is 29.3 Å². The Bertz CT molecular complexity index is 1910. The van der Waals surface area contributed by atoms with Gasteiger partial charge in [0.05, 0.1) is 42.1 Å². The van der Waals surface area contributed by atoms with E-state index in [0.717, 1.165) is 5.52 Å². The van der Waals surface area contributed by atoms with Crippen LogP contribution in [0.5, 0.6) is 0 Å². The first-order valence-corrected chi connectivity index (χ1v) is 19.9. The number of carbonyl (C=O) groups is 4. The lowest BCUT2D eigenvalue weighted by atomic mass is 9.70. The van der Waals surface area contributed by atoms with Gasteiger partial charge in [-0.05, 0) is 43.4 Å². The number of aliphatic hydroxyl groups is 1. The number of hydrogen-bond acceptors (Lipinski definition) is 9. The highest BCUT2D eigenvalue weighted by Gasteiger charge is 2.78. The molecule has 1 N–H and O–H groups in total. The zero-order chi connectivity index (χ0) is 39.6. The maximum atomic E-state index is 15.1. The van der Waals surface area contributed by atoms with Crippen molar-refractivity contribution in [3.63, 3.8) is 0 Å². The zero-order valence-corrected chi connectivity index (χ0v) is 33.5. The molecule has 14 heteroatoms. The molecule has 3 fully saturated rings. The Morgan fingerprint density at radius 1 is 1.13 bits per heavy atom. The van der Waals surface area contributed by atoms with Gasteiger partial charge in [-0.15, -0.1) is 18.3 Å². The summed E-state index contributed by atoms with van der Waals surface area (Å²) < 4.78 is 14.8. The highest BCUT2D eigenvalue weighted by molar-refractivity contribution is 9.09. The smallest absolute Gasteiger partial charge is 0.313 e. The lowest BCUT2D eigenvalue weighted by Crippen LogP contribution is -2.60. The second-order valence-electron chi connectivity index (χ2n) is 15.0. The van der Waals surface area contributed by atoms with Gasteiger partial charge in [0, 0.05) is 24.8 Å². The van der Waals surface area contributed by atoms with Crippen molar-refractivity contribution >= 4 is 50.7 Å². The number of fused-ring (bicyclic) bond motifs is 2. The largest absolute Gasteiger partial charge is 0.455 e. The molecule has 0 radical (unpaired) electrons. The van der Waals surface area contributed by atoms with Crippen molar-refractivity contribution < 1.29 is 33.8 Å². The number of aliphatic hydroxyl groups excluding tert-OH is 1. The topological polar surface area (TPSA) is 147 Å². The SMILES string of the molecule is C=CCCC(=O)N(C)[C@@H](C)[C@@H](OC(=O)[C@H]1[C@@H]2O[C@@]3(CC2Br)[C@@H]1C(=O)N([C@@H](CO)[C@@H](C)CC)[C@@H]3C(=O)N(CC=C)Cn1nnc2ccccc21)c1ccccc1. The number of rotatable bonds is 17. The van der Waals surface area contributed by atoms with Gasteiger partial charge in [0.25, 0.3) is 0 Å². The quantitative estimate of drug-likeness (QED) is 0.117. The average molecular weight is 820 g/mol. The van der Waals surface area contributed by atoms with Crippen LogP contribution < -0.4 is 0 Å². The average Bonchev–Trinajstić information content (AvgIpc) is 3.92. The predicted octanol–water partition coefficient (Wildman–Crippen LogP) is 4.66. The van der Waals surface area contributed by atoms with Crippen molar-refractivity contribution in [2.75, 3.05) is 20.2 Å². The van der Waals surface area contributed by atoms with Gasteiger partial charge in [0.15, 0.2) is 0 Å². The molecule has 0 aliphatic carbocycles. The molecule has 10 atom stereocenters. The van der Waals surface area contributed by atoms with E-state index in [1.807, 2.05) is 75.4 Å². The van der Waals surface area contributed by atoms with E-state index in [4.69, 9.17) is 9.47 Å². The monoisotopic (exact) mass is 818 g/mol. The summed E-state index contributed by atoms with van der Waals surface area (Å²) in [5.41, 5.74) is 0.668. The lowest BCUT2D eigenvalue weighted by molar-refractivity contribution is -0.165. The molecule has 3 saturated heterocycles. The van der Waals surface area contributed by atoms with Gasteiger partial charge in [-0.25, -0.2) is 4.68 Å². The van der Waals surface area contributed by atoms with Gasteiger partial charge in [-0.3, -0.25) is 19.2 Å². The summed E-state index contributed by atoms with van der Waals surface area (Å²) >= 11 is 3.76. The number of likely N-dealkylation sites (tertiary alicyclic amines) is 1. The van der Waals surface area contributed by atoms with E-state index in [2.05, 4.69) is 39.4 Å². The minimum atomic E-state index is -1.41. The van der Waals surface area contributed by atoms with E-state index < -0.39 is 72.2 Å². The fourth-order valence-corrected chi connectivity index (χ4v) is 9.58. The number of para-hydroxylation sites is 1. The number of halogens is 1. The van der Waals surface area contributed by atoms with E-state index in [0.29, 0.717) is 23.9 Å². The number of esters is 1.